The van der Waals surface area contributed by atoms with Crippen molar-refractivity contribution in [3.05, 3.63) is 35.9 Å². The molecule has 1 aromatic rings. The monoisotopic (exact) mass is 507 g/mol. The number of nitrogens with one attached hydrogen (secondary N) is 3. The quantitative estimate of drug-likeness (QED) is 0.146. The zero-order valence-electron chi connectivity index (χ0n) is 20.1. The molecule has 0 heterocycles. The van der Waals surface area contributed by atoms with Gasteiger partial charge >= 0.3 is 11.9 Å². The number of amides is 4. The maximum Gasteiger partial charge on any atom is 0.326 e. The van der Waals surface area contributed by atoms with Crippen LogP contribution in [-0.2, 0) is 35.2 Å². The standard InChI is InChI=1S/C23H33N5O8/c1-3-12(2)19(25)22(34)27-14(9-13-7-5-4-6-8-13)20(32)26-15(10-17(24)29)21(33)28-16(23(35)36)11-18(30)31/h4-8,12,14-16,19H,3,9-11,25H2,1-2H3,(H2,24,29)(H,26,32)(H,27,34)(H,28,33)(H,30,31)(H,35,36). The number of carboxylic acid groups (broad SMARTS) is 2. The highest BCUT2D eigenvalue weighted by molar-refractivity contribution is 5.96. The fraction of sp³-hybridized carbons (Fsp3) is 0.478. The van der Waals surface area contributed by atoms with Gasteiger partial charge in [-0.2, -0.15) is 0 Å². The van der Waals surface area contributed by atoms with Gasteiger partial charge in [-0.05, 0) is 11.5 Å². The van der Waals surface area contributed by atoms with Crippen LogP contribution in [0.2, 0.25) is 0 Å². The van der Waals surface area contributed by atoms with Crippen molar-refractivity contribution in [2.75, 3.05) is 0 Å². The Balaban J connectivity index is 3.14. The first kappa shape index (κ1) is 30.0. The molecule has 0 radical (unpaired) electrons. The Morgan fingerprint density at radius 2 is 1.36 bits per heavy atom. The first-order chi connectivity index (χ1) is 16.8. The summed E-state index contributed by atoms with van der Waals surface area (Å²) in [7, 11) is 0. The van der Waals surface area contributed by atoms with E-state index in [1.165, 1.54) is 0 Å². The lowest BCUT2D eigenvalue weighted by Gasteiger charge is -2.25. The Hall–Kier alpha value is -4.00. The molecule has 36 heavy (non-hydrogen) atoms. The van der Waals surface area contributed by atoms with Gasteiger partial charge in [0, 0.05) is 6.42 Å². The summed E-state index contributed by atoms with van der Waals surface area (Å²) in [6.07, 6.45) is -0.993. The second-order valence-corrected chi connectivity index (χ2v) is 8.39. The number of carboxylic acids is 2. The predicted octanol–water partition coefficient (Wildman–Crippen LogP) is -1.51. The van der Waals surface area contributed by atoms with E-state index in [0.29, 0.717) is 12.0 Å². The normalized spacial score (nSPS) is 14.9. The minimum absolute atomic E-state index is 0.0211. The van der Waals surface area contributed by atoms with Crippen molar-refractivity contribution in [3.63, 3.8) is 0 Å². The van der Waals surface area contributed by atoms with E-state index < -0.39 is 72.6 Å². The van der Waals surface area contributed by atoms with E-state index >= 15 is 0 Å². The SMILES string of the molecule is CCC(C)C(N)C(=O)NC(Cc1ccccc1)C(=O)NC(CC(N)=O)C(=O)NC(CC(=O)O)C(=O)O. The summed E-state index contributed by atoms with van der Waals surface area (Å²) in [6.45, 7) is 3.63. The Morgan fingerprint density at radius 3 is 1.86 bits per heavy atom. The lowest BCUT2D eigenvalue weighted by Crippen LogP contribution is -2.58. The van der Waals surface area contributed by atoms with Crippen LogP contribution in [0.5, 0.6) is 0 Å². The number of hydrogen-bond donors (Lipinski definition) is 7. The third-order valence-electron chi connectivity index (χ3n) is 5.51. The molecule has 9 N–H and O–H groups in total. The highest BCUT2D eigenvalue weighted by Gasteiger charge is 2.32. The number of carbonyl (C=O) groups is 6. The zero-order chi connectivity index (χ0) is 27.4. The smallest absolute Gasteiger partial charge is 0.326 e. The number of carbonyl (C=O) groups excluding carboxylic acids is 4. The second kappa shape index (κ2) is 14.4. The number of hydrogen-bond acceptors (Lipinski definition) is 7. The second-order valence-electron chi connectivity index (χ2n) is 8.39. The van der Waals surface area contributed by atoms with Gasteiger partial charge in [-0.3, -0.25) is 24.0 Å². The van der Waals surface area contributed by atoms with Crippen LogP contribution in [0.25, 0.3) is 0 Å². The van der Waals surface area contributed by atoms with E-state index in [-0.39, 0.29) is 12.3 Å². The molecule has 0 fully saturated rings. The summed E-state index contributed by atoms with van der Waals surface area (Å²) in [5.41, 5.74) is 11.8. The molecule has 0 aliphatic carbocycles. The average Bonchev–Trinajstić information content (AvgIpc) is 2.81. The maximum absolute atomic E-state index is 13.1. The zero-order valence-corrected chi connectivity index (χ0v) is 20.1. The minimum Gasteiger partial charge on any atom is -0.481 e. The van der Waals surface area contributed by atoms with Gasteiger partial charge in [-0.1, -0.05) is 50.6 Å². The molecule has 198 valence electrons. The van der Waals surface area contributed by atoms with Crippen molar-refractivity contribution in [2.24, 2.45) is 17.4 Å². The number of aliphatic carboxylic acids is 2. The summed E-state index contributed by atoms with van der Waals surface area (Å²) in [5, 5.41) is 24.9. The molecular weight excluding hydrogens is 474 g/mol. The van der Waals surface area contributed by atoms with Gasteiger partial charge in [0.1, 0.15) is 18.1 Å². The third-order valence-corrected chi connectivity index (χ3v) is 5.51. The van der Waals surface area contributed by atoms with E-state index in [2.05, 4.69) is 10.6 Å². The fourth-order valence-electron chi connectivity index (χ4n) is 3.17. The number of primary amides is 1. The van der Waals surface area contributed by atoms with Crippen molar-refractivity contribution in [1.29, 1.82) is 0 Å². The fourth-order valence-corrected chi connectivity index (χ4v) is 3.17. The maximum atomic E-state index is 13.1. The molecule has 4 amide bonds. The Morgan fingerprint density at radius 1 is 0.833 bits per heavy atom. The molecule has 5 unspecified atom stereocenters. The van der Waals surface area contributed by atoms with Crippen molar-refractivity contribution in [3.8, 4) is 0 Å². The molecule has 5 atom stereocenters. The number of rotatable bonds is 15. The Bertz CT molecular complexity index is 955. The predicted molar refractivity (Wildman–Crippen MR) is 127 cm³/mol. The van der Waals surface area contributed by atoms with E-state index in [9.17, 15) is 28.8 Å². The molecule has 0 aliphatic heterocycles. The van der Waals surface area contributed by atoms with Gasteiger partial charge in [0.2, 0.25) is 23.6 Å². The van der Waals surface area contributed by atoms with E-state index in [1.807, 2.05) is 12.2 Å². The summed E-state index contributed by atoms with van der Waals surface area (Å²) < 4.78 is 0. The Labute approximate surface area is 208 Å². The van der Waals surface area contributed by atoms with Gasteiger partial charge in [-0.25, -0.2) is 4.79 Å². The molecular formula is C23H33N5O8. The van der Waals surface area contributed by atoms with Crippen LogP contribution < -0.4 is 27.4 Å². The highest BCUT2D eigenvalue weighted by Crippen LogP contribution is 2.09. The first-order valence-electron chi connectivity index (χ1n) is 11.3. The molecule has 0 aromatic heterocycles. The van der Waals surface area contributed by atoms with Crippen LogP contribution in [0, 0.1) is 5.92 Å². The molecule has 13 heteroatoms. The van der Waals surface area contributed by atoms with Crippen LogP contribution in [-0.4, -0.2) is 69.9 Å². The van der Waals surface area contributed by atoms with Gasteiger partial charge in [0.05, 0.1) is 18.9 Å². The van der Waals surface area contributed by atoms with Crippen molar-refractivity contribution in [1.82, 2.24) is 16.0 Å². The van der Waals surface area contributed by atoms with Gasteiger partial charge in [0.25, 0.3) is 0 Å². The lowest BCUT2D eigenvalue weighted by atomic mass is 9.98. The lowest BCUT2D eigenvalue weighted by molar-refractivity contribution is -0.147. The molecule has 13 nitrogen and oxygen atoms in total. The van der Waals surface area contributed by atoms with Gasteiger partial charge in [0.15, 0.2) is 0 Å². The average molecular weight is 508 g/mol. The summed E-state index contributed by atoms with van der Waals surface area (Å²) >= 11 is 0. The molecule has 0 saturated carbocycles. The topological polar surface area (TPSA) is 231 Å². The van der Waals surface area contributed by atoms with Crippen molar-refractivity contribution >= 4 is 35.6 Å². The molecule has 0 bridgehead atoms. The molecule has 1 rings (SSSR count). The Kier molecular flexibility index (Phi) is 12.0. The summed E-state index contributed by atoms with van der Waals surface area (Å²) in [5.74, 6) is -6.84. The third kappa shape index (κ3) is 10.1. The van der Waals surface area contributed by atoms with Crippen LogP contribution in [0.4, 0.5) is 0 Å². The van der Waals surface area contributed by atoms with Gasteiger partial charge in [-0.15, -0.1) is 0 Å². The van der Waals surface area contributed by atoms with E-state index in [1.54, 1.807) is 37.3 Å². The van der Waals surface area contributed by atoms with Crippen LogP contribution >= 0.6 is 0 Å². The van der Waals surface area contributed by atoms with E-state index in [4.69, 9.17) is 21.7 Å². The summed E-state index contributed by atoms with van der Waals surface area (Å²) in [4.78, 5) is 72.2. The highest BCUT2D eigenvalue weighted by atomic mass is 16.4. The van der Waals surface area contributed by atoms with Gasteiger partial charge < -0.3 is 37.6 Å². The minimum atomic E-state index is -1.81. The first-order valence-corrected chi connectivity index (χ1v) is 11.3. The molecule has 0 aliphatic rings. The number of benzene rings is 1. The number of nitrogens with two attached hydrogens (primary N) is 2. The molecule has 0 spiro atoms. The largest absolute Gasteiger partial charge is 0.481 e. The van der Waals surface area contributed by atoms with Crippen LogP contribution in [0.15, 0.2) is 30.3 Å². The molecule has 0 saturated heterocycles. The van der Waals surface area contributed by atoms with Crippen molar-refractivity contribution in [2.45, 2.75) is 63.7 Å². The van der Waals surface area contributed by atoms with E-state index in [0.717, 1.165) is 0 Å². The summed E-state index contributed by atoms with van der Waals surface area (Å²) in [6, 6.07) is 3.13. The van der Waals surface area contributed by atoms with Crippen molar-refractivity contribution < 1.29 is 39.0 Å². The van der Waals surface area contributed by atoms with Crippen LogP contribution in [0.3, 0.4) is 0 Å². The molecule has 1 aromatic carbocycles. The van der Waals surface area contributed by atoms with Crippen LogP contribution in [0.1, 0.15) is 38.7 Å².